The molecule has 136 valence electrons. The number of H-pyrrole nitrogens is 1. The molecule has 1 saturated carbocycles. The van der Waals surface area contributed by atoms with E-state index in [1.807, 2.05) is 6.92 Å². The molecule has 0 atom stereocenters. The van der Waals surface area contributed by atoms with Crippen LogP contribution >= 0.6 is 0 Å². The smallest absolute Gasteiger partial charge is 0.258 e. The molecule has 1 fully saturated rings. The van der Waals surface area contributed by atoms with Crippen LogP contribution in [0.15, 0.2) is 42.5 Å². The lowest BCUT2D eigenvalue weighted by Gasteiger charge is -2.23. The Kier molecular flexibility index (Phi) is 4.04. The van der Waals surface area contributed by atoms with Crippen molar-refractivity contribution in [2.45, 2.75) is 39.2 Å². The molecule has 0 bridgehead atoms. The Labute approximate surface area is 160 Å². The highest BCUT2D eigenvalue weighted by Crippen LogP contribution is 2.49. The fourth-order valence-corrected chi connectivity index (χ4v) is 3.82. The summed E-state index contributed by atoms with van der Waals surface area (Å²) in [6, 6.07) is 15.0. The number of aromatic amines is 1. The minimum Gasteiger partial charge on any atom is -0.344 e. The second kappa shape index (κ2) is 6.28. The van der Waals surface area contributed by atoms with Crippen LogP contribution in [0.4, 0.5) is 11.4 Å². The van der Waals surface area contributed by atoms with Gasteiger partial charge in [0, 0.05) is 48.1 Å². The number of aromatic nitrogens is 2. The third-order valence-corrected chi connectivity index (χ3v) is 5.72. The van der Waals surface area contributed by atoms with Gasteiger partial charge in [0.15, 0.2) is 0 Å². The van der Waals surface area contributed by atoms with E-state index in [4.69, 9.17) is 6.57 Å². The number of aryl methyl sites for hydroxylation is 3. The van der Waals surface area contributed by atoms with Crippen LogP contribution in [0.1, 0.15) is 35.4 Å². The average Bonchev–Trinajstić information content (AvgIpc) is 3.42. The summed E-state index contributed by atoms with van der Waals surface area (Å²) in [5.74, 6) is 0. The molecule has 1 aliphatic carbocycles. The van der Waals surface area contributed by atoms with Gasteiger partial charge in [-0.15, -0.1) is 0 Å². The van der Waals surface area contributed by atoms with Gasteiger partial charge >= 0.3 is 0 Å². The maximum Gasteiger partial charge on any atom is 0.258 e. The van der Waals surface area contributed by atoms with E-state index in [1.165, 1.54) is 22.4 Å². The van der Waals surface area contributed by atoms with E-state index in [1.54, 1.807) is 0 Å². The SMILES string of the molecule is [C-]#[N+]C1(c2ccc(N(C)c3cc(-c4c(C)n[nH]c4C)ccc3C)cc2)CC1. The molecule has 2 aromatic carbocycles. The predicted octanol–water partition coefficient (Wildman–Crippen LogP) is 5.68. The van der Waals surface area contributed by atoms with Crippen LogP contribution in [-0.2, 0) is 5.54 Å². The van der Waals surface area contributed by atoms with Gasteiger partial charge in [0.2, 0.25) is 0 Å². The first-order valence-electron chi connectivity index (χ1n) is 9.31. The Morgan fingerprint density at radius 1 is 1.07 bits per heavy atom. The fraction of sp³-hybridized carbons (Fsp3) is 0.304. The zero-order valence-corrected chi connectivity index (χ0v) is 16.3. The maximum atomic E-state index is 7.44. The largest absolute Gasteiger partial charge is 0.344 e. The summed E-state index contributed by atoms with van der Waals surface area (Å²) in [6.07, 6.45) is 1.96. The second-order valence-corrected chi connectivity index (χ2v) is 7.56. The maximum absolute atomic E-state index is 7.44. The molecule has 0 aliphatic heterocycles. The van der Waals surface area contributed by atoms with Crippen LogP contribution in [0.25, 0.3) is 16.0 Å². The normalized spacial score (nSPS) is 14.6. The van der Waals surface area contributed by atoms with Crippen LogP contribution in [0.5, 0.6) is 0 Å². The van der Waals surface area contributed by atoms with Gasteiger partial charge in [-0.3, -0.25) is 5.10 Å². The summed E-state index contributed by atoms with van der Waals surface area (Å²) in [7, 11) is 2.10. The highest BCUT2D eigenvalue weighted by Gasteiger charge is 2.52. The van der Waals surface area contributed by atoms with Crippen molar-refractivity contribution in [1.82, 2.24) is 10.2 Å². The average molecular weight is 356 g/mol. The number of nitrogens with zero attached hydrogens (tertiary/aromatic N) is 3. The summed E-state index contributed by atoms with van der Waals surface area (Å²) < 4.78 is 0. The molecule has 1 heterocycles. The van der Waals surface area contributed by atoms with Crippen LogP contribution in [0.3, 0.4) is 0 Å². The van der Waals surface area contributed by atoms with Crippen molar-refractivity contribution in [3.8, 4) is 11.1 Å². The monoisotopic (exact) mass is 356 g/mol. The van der Waals surface area contributed by atoms with Crippen molar-refractivity contribution >= 4 is 11.4 Å². The third kappa shape index (κ3) is 2.90. The summed E-state index contributed by atoms with van der Waals surface area (Å²) >= 11 is 0. The lowest BCUT2D eigenvalue weighted by Crippen LogP contribution is -2.11. The van der Waals surface area contributed by atoms with Crippen molar-refractivity contribution in [3.05, 3.63) is 76.4 Å². The first-order chi connectivity index (χ1) is 12.9. The summed E-state index contributed by atoms with van der Waals surface area (Å²) in [5.41, 5.74) is 8.87. The number of benzene rings is 2. The van der Waals surface area contributed by atoms with Crippen molar-refractivity contribution in [2.24, 2.45) is 0 Å². The fourth-order valence-electron chi connectivity index (χ4n) is 3.82. The first kappa shape index (κ1) is 17.4. The standard InChI is InChI=1S/C23H24N4/c1-15-6-7-18(22-16(2)25-26-17(22)3)14-21(15)27(5)20-10-8-19(9-11-20)23(24-4)12-13-23/h6-11,14H,12-13H2,1-3,5H3,(H,25,26). The zero-order chi connectivity index (χ0) is 19.2. The highest BCUT2D eigenvalue weighted by molar-refractivity contribution is 5.76. The van der Waals surface area contributed by atoms with Gasteiger partial charge in [-0.05, 0) is 62.2 Å². The van der Waals surface area contributed by atoms with E-state index in [9.17, 15) is 0 Å². The summed E-state index contributed by atoms with van der Waals surface area (Å²) in [6.45, 7) is 13.7. The Bertz CT molecular complexity index is 1010. The molecule has 4 rings (SSSR count). The van der Waals surface area contributed by atoms with E-state index in [2.05, 4.69) is 83.3 Å². The van der Waals surface area contributed by atoms with Crippen molar-refractivity contribution in [2.75, 3.05) is 11.9 Å². The molecule has 1 aromatic heterocycles. The number of nitrogens with one attached hydrogen (secondary N) is 1. The molecule has 1 aliphatic rings. The minimum absolute atomic E-state index is 0.247. The molecule has 4 heteroatoms. The minimum atomic E-state index is -0.247. The first-order valence-corrected chi connectivity index (χ1v) is 9.31. The second-order valence-electron chi connectivity index (χ2n) is 7.56. The van der Waals surface area contributed by atoms with Crippen LogP contribution in [-0.4, -0.2) is 17.2 Å². The van der Waals surface area contributed by atoms with E-state index in [-0.39, 0.29) is 5.54 Å². The predicted molar refractivity (Wildman–Crippen MR) is 110 cm³/mol. The van der Waals surface area contributed by atoms with Crippen molar-refractivity contribution in [3.63, 3.8) is 0 Å². The Morgan fingerprint density at radius 3 is 2.33 bits per heavy atom. The Hall–Kier alpha value is -3.06. The lowest BCUT2D eigenvalue weighted by molar-refractivity contribution is 0.884. The molecule has 4 nitrogen and oxygen atoms in total. The van der Waals surface area contributed by atoms with Gasteiger partial charge in [0.1, 0.15) is 0 Å². The lowest BCUT2D eigenvalue weighted by atomic mass is 10.00. The number of hydrogen-bond donors (Lipinski definition) is 1. The van der Waals surface area contributed by atoms with Gasteiger partial charge < -0.3 is 9.74 Å². The number of rotatable bonds is 4. The summed E-state index contributed by atoms with van der Waals surface area (Å²) in [5, 5.41) is 7.41. The highest BCUT2D eigenvalue weighted by atomic mass is 15.1. The molecule has 0 spiro atoms. The number of anilines is 2. The van der Waals surface area contributed by atoms with Crippen LogP contribution in [0, 0.1) is 27.3 Å². The van der Waals surface area contributed by atoms with Gasteiger partial charge in [-0.1, -0.05) is 12.1 Å². The van der Waals surface area contributed by atoms with E-state index in [0.717, 1.165) is 35.5 Å². The molecule has 3 aromatic rings. The van der Waals surface area contributed by atoms with Gasteiger partial charge in [0.25, 0.3) is 5.54 Å². The zero-order valence-electron chi connectivity index (χ0n) is 16.3. The van der Waals surface area contributed by atoms with E-state index in [0.29, 0.717) is 0 Å². The topological polar surface area (TPSA) is 36.3 Å². The molecule has 1 N–H and O–H groups in total. The van der Waals surface area contributed by atoms with Gasteiger partial charge in [-0.25, -0.2) is 6.57 Å². The third-order valence-electron chi connectivity index (χ3n) is 5.72. The molecule has 0 saturated heterocycles. The molecule has 0 unspecified atom stereocenters. The van der Waals surface area contributed by atoms with Crippen molar-refractivity contribution < 1.29 is 0 Å². The van der Waals surface area contributed by atoms with E-state index < -0.39 is 0 Å². The molecular weight excluding hydrogens is 332 g/mol. The van der Waals surface area contributed by atoms with Gasteiger partial charge in [0.05, 0.1) is 5.69 Å². The molecular formula is C23H24N4. The van der Waals surface area contributed by atoms with Gasteiger partial charge in [-0.2, -0.15) is 5.10 Å². The van der Waals surface area contributed by atoms with E-state index >= 15 is 0 Å². The molecule has 27 heavy (non-hydrogen) atoms. The molecule has 0 amide bonds. The Morgan fingerprint density at radius 2 is 1.78 bits per heavy atom. The number of hydrogen-bond acceptors (Lipinski definition) is 2. The molecule has 0 radical (unpaired) electrons. The Balaban J connectivity index is 1.69. The quantitative estimate of drug-likeness (QED) is 0.611. The van der Waals surface area contributed by atoms with Crippen molar-refractivity contribution in [1.29, 1.82) is 0 Å². The summed E-state index contributed by atoms with van der Waals surface area (Å²) in [4.78, 5) is 6.05. The van der Waals surface area contributed by atoms with Crippen LogP contribution in [0.2, 0.25) is 0 Å². The van der Waals surface area contributed by atoms with Crippen LogP contribution < -0.4 is 4.90 Å².